The van der Waals surface area contributed by atoms with Gasteiger partial charge in [0.05, 0.1) is 11.3 Å². The number of rotatable bonds is 4. The first-order valence-electron chi connectivity index (χ1n) is 11.9. The number of piperidine rings is 1. The van der Waals surface area contributed by atoms with Crippen molar-refractivity contribution in [3.8, 4) is 0 Å². The average molecular weight is 489 g/mol. The largest absolute Gasteiger partial charge is 0.416 e. The molecule has 1 N–H and O–H groups in total. The molecule has 0 spiro atoms. The van der Waals surface area contributed by atoms with E-state index in [0.717, 1.165) is 49.6 Å². The van der Waals surface area contributed by atoms with E-state index in [1.807, 2.05) is 11.6 Å². The zero-order valence-electron chi connectivity index (χ0n) is 18.9. The Kier molecular flexibility index (Phi) is 5.31. The number of aryl methyl sites for hydroxylation is 2. The zero-order chi connectivity index (χ0) is 23.4. The van der Waals surface area contributed by atoms with Crippen LogP contribution in [-0.4, -0.2) is 38.3 Å². The molecule has 2 aromatic heterocycles. The minimum Gasteiger partial charge on any atom is -0.361 e. The summed E-state index contributed by atoms with van der Waals surface area (Å²) in [6, 6.07) is 8.02. The van der Waals surface area contributed by atoms with E-state index in [-0.39, 0.29) is 5.92 Å². The summed E-state index contributed by atoms with van der Waals surface area (Å²) in [6.45, 7) is 4.85. The van der Waals surface area contributed by atoms with Crippen molar-refractivity contribution in [1.82, 2.24) is 19.1 Å². The molecule has 10 heteroatoms. The van der Waals surface area contributed by atoms with Gasteiger partial charge in [0.15, 0.2) is 0 Å². The number of fused-ring (bicyclic) bond motifs is 3. The molecule has 2 bridgehead atoms. The molecule has 6 rings (SSSR count). The maximum Gasteiger partial charge on any atom is 0.416 e. The van der Waals surface area contributed by atoms with Crippen molar-refractivity contribution < 1.29 is 13.2 Å². The fourth-order valence-corrected chi connectivity index (χ4v) is 6.70. The van der Waals surface area contributed by atoms with Crippen LogP contribution in [0.3, 0.4) is 0 Å². The van der Waals surface area contributed by atoms with Crippen molar-refractivity contribution in [2.24, 2.45) is 11.8 Å². The number of hydrogen-bond donors (Lipinski definition) is 1. The smallest absolute Gasteiger partial charge is 0.361 e. The van der Waals surface area contributed by atoms with Crippen LogP contribution in [0.1, 0.15) is 54.2 Å². The van der Waals surface area contributed by atoms with Crippen LogP contribution in [0, 0.1) is 18.8 Å². The highest BCUT2D eigenvalue weighted by Crippen LogP contribution is 2.41. The van der Waals surface area contributed by atoms with Gasteiger partial charge in [0, 0.05) is 31.6 Å². The SMILES string of the molecule is Cc1cc(N2CC3CCC(C2)C3Nc2nc3n(n2)CCCC3c2ccc(C(F)(F)F)cc2)sn1. The van der Waals surface area contributed by atoms with Crippen molar-refractivity contribution in [2.45, 2.75) is 57.3 Å². The summed E-state index contributed by atoms with van der Waals surface area (Å²) in [5.74, 6) is 2.53. The van der Waals surface area contributed by atoms with Gasteiger partial charge >= 0.3 is 6.18 Å². The van der Waals surface area contributed by atoms with Crippen molar-refractivity contribution in [2.75, 3.05) is 23.3 Å². The molecular formula is C24H27F3N6S. The molecule has 3 aliphatic rings. The van der Waals surface area contributed by atoms with Gasteiger partial charge in [0.1, 0.15) is 10.8 Å². The molecule has 2 aliphatic heterocycles. The quantitative estimate of drug-likeness (QED) is 0.539. The lowest BCUT2D eigenvalue weighted by molar-refractivity contribution is -0.137. The highest BCUT2D eigenvalue weighted by molar-refractivity contribution is 7.10. The first-order chi connectivity index (χ1) is 16.3. The van der Waals surface area contributed by atoms with E-state index >= 15 is 0 Å². The second kappa shape index (κ2) is 8.25. The van der Waals surface area contributed by atoms with Gasteiger partial charge in [-0.05, 0) is 79.7 Å². The van der Waals surface area contributed by atoms with E-state index in [4.69, 9.17) is 10.1 Å². The maximum absolute atomic E-state index is 13.0. The number of nitrogens with zero attached hydrogens (tertiary/aromatic N) is 5. The van der Waals surface area contributed by atoms with Gasteiger partial charge in [-0.1, -0.05) is 12.1 Å². The molecule has 0 amide bonds. The molecule has 3 atom stereocenters. The minimum absolute atomic E-state index is 0.0350. The molecule has 1 saturated heterocycles. The van der Waals surface area contributed by atoms with Crippen LogP contribution < -0.4 is 10.2 Å². The van der Waals surface area contributed by atoms with Crippen LogP contribution in [0.15, 0.2) is 30.3 Å². The predicted molar refractivity (Wildman–Crippen MR) is 125 cm³/mol. The van der Waals surface area contributed by atoms with E-state index in [1.54, 1.807) is 23.7 Å². The molecule has 1 aliphatic carbocycles. The second-order valence-corrected chi connectivity index (χ2v) is 10.6. The first-order valence-corrected chi connectivity index (χ1v) is 12.7. The number of anilines is 2. The van der Waals surface area contributed by atoms with Crippen LogP contribution in [0.25, 0.3) is 0 Å². The number of aromatic nitrogens is 4. The predicted octanol–water partition coefficient (Wildman–Crippen LogP) is 5.31. The Labute approximate surface area is 200 Å². The number of hydrogen-bond acceptors (Lipinski definition) is 6. The van der Waals surface area contributed by atoms with Crippen molar-refractivity contribution in [1.29, 1.82) is 0 Å². The van der Waals surface area contributed by atoms with Crippen LogP contribution in [0.4, 0.5) is 24.1 Å². The lowest BCUT2D eigenvalue weighted by atomic mass is 9.90. The molecule has 1 aromatic carbocycles. The summed E-state index contributed by atoms with van der Waals surface area (Å²) >= 11 is 1.58. The van der Waals surface area contributed by atoms with Gasteiger partial charge < -0.3 is 10.2 Å². The molecule has 0 radical (unpaired) electrons. The molecular weight excluding hydrogens is 461 g/mol. The third kappa shape index (κ3) is 3.95. The third-order valence-electron chi connectivity index (χ3n) is 7.57. The third-order valence-corrected chi connectivity index (χ3v) is 8.51. The maximum atomic E-state index is 13.0. The van der Waals surface area contributed by atoms with E-state index in [2.05, 4.69) is 20.7 Å². The molecule has 1 saturated carbocycles. The highest BCUT2D eigenvalue weighted by atomic mass is 32.1. The monoisotopic (exact) mass is 488 g/mol. The Hall–Kier alpha value is -2.62. The van der Waals surface area contributed by atoms with Crippen LogP contribution >= 0.6 is 11.5 Å². The van der Waals surface area contributed by atoms with Crippen LogP contribution in [-0.2, 0) is 12.7 Å². The number of benzene rings is 1. The standard InChI is InChI=1S/C24H27F3N6S/c1-14-11-20(34-31-14)32-12-16-4-5-17(13-32)21(16)28-23-29-22-19(3-2-10-33(22)30-23)15-6-8-18(9-7-15)24(25,26)27/h6-9,11,16-17,19,21H,2-5,10,12-13H2,1H3,(H,28,30). The van der Waals surface area contributed by atoms with Crippen LogP contribution in [0.5, 0.6) is 0 Å². The van der Waals surface area contributed by atoms with Gasteiger partial charge in [0.25, 0.3) is 0 Å². The Morgan fingerprint density at radius 1 is 1.06 bits per heavy atom. The molecule has 6 nitrogen and oxygen atoms in total. The molecule has 180 valence electrons. The summed E-state index contributed by atoms with van der Waals surface area (Å²) in [4.78, 5) is 7.32. The van der Waals surface area contributed by atoms with Crippen molar-refractivity contribution in [3.05, 3.63) is 53.0 Å². The zero-order valence-corrected chi connectivity index (χ0v) is 19.7. The topological polar surface area (TPSA) is 58.9 Å². The summed E-state index contributed by atoms with van der Waals surface area (Å²) in [5, 5.41) is 9.65. The molecule has 4 heterocycles. The minimum atomic E-state index is -4.32. The summed E-state index contributed by atoms with van der Waals surface area (Å²) < 4.78 is 45.3. The van der Waals surface area contributed by atoms with Gasteiger partial charge in [-0.15, -0.1) is 5.10 Å². The Bertz CT molecular complexity index is 1160. The van der Waals surface area contributed by atoms with E-state index < -0.39 is 11.7 Å². The number of nitrogens with one attached hydrogen (secondary N) is 1. The fourth-order valence-electron chi connectivity index (χ4n) is 5.92. The van der Waals surface area contributed by atoms with Crippen LogP contribution in [0.2, 0.25) is 0 Å². The second-order valence-electron chi connectivity index (χ2n) is 9.81. The fraction of sp³-hybridized carbons (Fsp3) is 0.542. The molecule has 34 heavy (non-hydrogen) atoms. The lowest BCUT2D eigenvalue weighted by Gasteiger charge is -2.38. The normalized spacial score (nSPS) is 26.5. The molecule has 3 unspecified atom stereocenters. The van der Waals surface area contributed by atoms with E-state index in [9.17, 15) is 13.2 Å². The van der Waals surface area contributed by atoms with Gasteiger partial charge in [0.2, 0.25) is 5.95 Å². The van der Waals surface area contributed by atoms with Gasteiger partial charge in [-0.25, -0.2) is 4.68 Å². The van der Waals surface area contributed by atoms with Gasteiger partial charge in [-0.2, -0.15) is 22.5 Å². The number of halogens is 3. The molecule has 2 fully saturated rings. The van der Waals surface area contributed by atoms with Crippen molar-refractivity contribution in [3.63, 3.8) is 0 Å². The van der Waals surface area contributed by atoms with E-state index in [1.165, 1.54) is 30.0 Å². The van der Waals surface area contributed by atoms with Crippen molar-refractivity contribution >= 4 is 22.5 Å². The first kappa shape index (κ1) is 21.9. The Balaban J connectivity index is 1.19. The Morgan fingerprint density at radius 2 is 1.79 bits per heavy atom. The Morgan fingerprint density at radius 3 is 2.44 bits per heavy atom. The molecule has 3 aromatic rings. The lowest BCUT2D eigenvalue weighted by Crippen LogP contribution is -2.48. The number of alkyl halides is 3. The summed E-state index contributed by atoms with van der Waals surface area (Å²) in [6.07, 6.45) is -0.145. The summed E-state index contributed by atoms with van der Waals surface area (Å²) in [7, 11) is 0. The summed E-state index contributed by atoms with van der Waals surface area (Å²) in [5.41, 5.74) is 1.32. The highest BCUT2D eigenvalue weighted by Gasteiger charge is 2.43. The van der Waals surface area contributed by atoms with Gasteiger partial charge in [-0.3, -0.25) is 0 Å². The average Bonchev–Trinajstić information content (AvgIpc) is 3.48. The van der Waals surface area contributed by atoms with E-state index in [0.29, 0.717) is 23.8 Å².